The Kier molecular flexibility index (Phi) is 4.73. The molecule has 0 fully saturated rings. The number of amides is 1. The molecule has 1 aromatic carbocycles. The maximum Gasteiger partial charge on any atom is 0.269 e. The topological polar surface area (TPSA) is 63.5 Å². The maximum absolute atomic E-state index is 12.5. The molecule has 5 nitrogen and oxygen atoms in total. The van der Waals surface area contributed by atoms with Crippen molar-refractivity contribution in [2.75, 3.05) is 7.05 Å². The number of rotatable bonds is 4. The van der Waals surface area contributed by atoms with Crippen LogP contribution in [0.1, 0.15) is 37.8 Å². The van der Waals surface area contributed by atoms with Crippen molar-refractivity contribution in [1.29, 1.82) is 0 Å². The minimum Gasteiger partial charge on any atom is -0.339 e. The number of benzene rings is 1. The van der Waals surface area contributed by atoms with E-state index in [4.69, 9.17) is 0 Å². The van der Waals surface area contributed by atoms with Gasteiger partial charge in [-0.1, -0.05) is 24.3 Å². The summed E-state index contributed by atoms with van der Waals surface area (Å²) in [5.41, 5.74) is 0.840. The Labute approximate surface area is 124 Å². The predicted molar refractivity (Wildman–Crippen MR) is 80.8 cm³/mol. The van der Waals surface area contributed by atoms with Gasteiger partial charge in [0, 0.05) is 25.1 Å². The third-order valence-corrected chi connectivity index (χ3v) is 4.11. The second-order valence-electron chi connectivity index (χ2n) is 5.46. The van der Waals surface area contributed by atoms with Gasteiger partial charge in [-0.15, -0.1) is 0 Å². The van der Waals surface area contributed by atoms with Crippen molar-refractivity contribution in [3.8, 4) is 0 Å². The molecule has 0 aromatic heterocycles. The molecule has 2 rings (SSSR count). The predicted octanol–water partition coefficient (Wildman–Crippen LogP) is 3.47. The van der Waals surface area contributed by atoms with Gasteiger partial charge in [-0.05, 0) is 31.7 Å². The van der Waals surface area contributed by atoms with E-state index in [-0.39, 0.29) is 23.6 Å². The molecule has 5 heteroatoms. The van der Waals surface area contributed by atoms with Crippen LogP contribution in [-0.4, -0.2) is 22.8 Å². The van der Waals surface area contributed by atoms with Gasteiger partial charge in [0.25, 0.3) is 5.69 Å². The third kappa shape index (κ3) is 3.48. The normalized spacial score (nSPS) is 19.0. The van der Waals surface area contributed by atoms with E-state index in [0.717, 1.165) is 24.8 Å². The largest absolute Gasteiger partial charge is 0.339 e. The number of carbonyl (C=O) groups is 1. The molecule has 0 saturated carbocycles. The molecule has 0 N–H and O–H groups in total. The highest BCUT2D eigenvalue weighted by Crippen LogP contribution is 2.27. The highest BCUT2D eigenvalue weighted by Gasteiger charge is 2.26. The highest BCUT2D eigenvalue weighted by molar-refractivity contribution is 5.79. The lowest BCUT2D eigenvalue weighted by Crippen LogP contribution is -2.35. The van der Waals surface area contributed by atoms with Gasteiger partial charge in [0.15, 0.2) is 0 Å². The van der Waals surface area contributed by atoms with Gasteiger partial charge in [-0.25, -0.2) is 0 Å². The van der Waals surface area contributed by atoms with Crippen LogP contribution < -0.4 is 0 Å². The van der Waals surface area contributed by atoms with E-state index < -0.39 is 4.92 Å². The summed E-state index contributed by atoms with van der Waals surface area (Å²) >= 11 is 0. The lowest BCUT2D eigenvalue weighted by molar-refractivity contribution is -0.384. The summed E-state index contributed by atoms with van der Waals surface area (Å²) in [5, 5.41) is 10.8. The van der Waals surface area contributed by atoms with E-state index >= 15 is 0 Å². The molecule has 112 valence electrons. The molecule has 0 aliphatic heterocycles. The van der Waals surface area contributed by atoms with Gasteiger partial charge in [0.1, 0.15) is 0 Å². The molecule has 2 atom stereocenters. The number of nitrogens with zero attached hydrogens (tertiary/aromatic N) is 2. The summed E-state index contributed by atoms with van der Waals surface area (Å²) in [6.45, 7) is 1.90. The average molecular weight is 288 g/mol. The van der Waals surface area contributed by atoms with Gasteiger partial charge < -0.3 is 4.90 Å². The number of nitro groups is 1. The SMILES string of the molecule is CC(c1cccc([N+](=O)[O-])c1)N(C)C(=O)C1CC=CCC1. The lowest BCUT2D eigenvalue weighted by Gasteiger charge is -2.29. The van der Waals surface area contributed by atoms with E-state index in [0.29, 0.717) is 0 Å². The van der Waals surface area contributed by atoms with Crippen molar-refractivity contribution in [1.82, 2.24) is 4.90 Å². The summed E-state index contributed by atoms with van der Waals surface area (Å²) < 4.78 is 0. The quantitative estimate of drug-likeness (QED) is 0.484. The van der Waals surface area contributed by atoms with E-state index in [1.54, 1.807) is 18.0 Å². The molecule has 0 bridgehead atoms. The Bertz CT molecular complexity index is 568. The molecule has 0 heterocycles. The molecule has 1 aliphatic carbocycles. The van der Waals surface area contributed by atoms with Crippen LogP contribution in [0.3, 0.4) is 0 Å². The van der Waals surface area contributed by atoms with Crippen LogP contribution in [0.5, 0.6) is 0 Å². The summed E-state index contributed by atoms with van der Waals surface area (Å²) in [6, 6.07) is 6.30. The number of hydrogen-bond donors (Lipinski definition) is 0. The van der Waals surface area contributed by atoms with Crippen LogP contribution >= 0.6 is 0 Å². The number of hydrogen-bond acceptors (Lipinski definition) is 3. The molecular weight excluding hydrogens is 268 g/mol. The third-order valence-electron chi connectivity index (χ3n) is 4.11. The molecule has 21 heavy (non-hydrogen) atoms. The molecule has 1 aliphatic rings. The fourth-order valence-electron chi connectivity index (χ4n) is 2.62. The second-order valence-corrected chi connectivity index (χ2v) is 5.46. The maximum atomic E-state index is 12.5. The second kappa shape index (κ2) is 6.52. The number of allylic oxidation sites excluding steroid dienone is 2. The molecule has 0 radical (unpaired) electrons. The fourth-order valence-corrected chi connectivity index (χ4v) is 2.62. The van der Waals surface area contributed by atoms with Crippen LogP contribution in [0.2, 0.25) is 0 Å². The van der Waals surface area contributed by atoms with Crippen molar-refractivity contribution in [3.63, 3.8) is 0 Å². The summed E-state index contributed by atoms with van der Waals surface area (Å²) in [5.74, 6) is 0.138. The molecular formula is C16H20N2O3. The lowest BCUT2D eigenvalue weighted by atomic mass is 9.92. The smallest absolute Gasteiger partial charge is 0.269 e. The van der Waals surface area contributed by atoms with Crippen molar-refractivity contribution in [2.45, 2.75) is 32.2 Å². The number of non-ortho nitro benzene ring substituents is 1. The Balaban J connectivity index is 2.12. The van der Waals surface area contributed by atoms with Crippen LogP contribution in [0.15, 0.2) is 36.4 Å². The van der Waals surface area contributed by atoms with Gasteiger partial charge in [0.2, 0.25) is 5.91 Å². The monoisotopic (exact) mass is 288 g/mol. The van der Waals surface area contributed by atoms with Gasteiger partial charge in [-0.3, -0.25) is 14.9 Å². The van der Waals surface area contributed by atoms with Crippen LogP contribution in [0.4, 0.5) is 5.69 Å². The van der Waals surface area contributed by atoms with E-state index in [1.165, 1.54) is 12.1 Å². The van der Waals surface area contributed by atoms with Gasteiger partial charge >= 0.3 is 0 Å². The Morgan fingerprint density at radius 3 is 2.81 bits per heavy atom. The Morgan fingerprint density at radius 2 is 2.19 bits per heavy atom. The first-order valence-corrected chi connectivity index (χ1v) is 7.16. The van der Waals surface area contributed by atoms with Crippen LogP contribution in [0, 0.1) is 16.0 Å². The summed E-state index contributed by atoms with van der Waals surface area (Å²) in [6.07, 6.45) is 6.76. The number of carbonyl (C=O) groups excluding carboxylic acids is 1. The molecule has 0 spiro atoms. The number of nitro benzene ring substituents is 1. The molecule has 0 saturated heterocycles. The zero-order chi connectivity index (χ0) is 15.4. The van der Waals surface area contributed by atoms with Crippen LogP contribution in [0.25, 0.3) is 0 Å². The Morgan fingerprint density at radius 1 is 1.43 bits per heavy atom. The summed E-state index contributed by atoms with van der Waals surface area (Å²) in [7, 11) is 1.77. The van der Waals surface area contributed by atoms with Crippen molar-refractivity contribution in [2.24, 2.45) is 5.92 Å². The summed E-state index contributed by atoms with van der Waals surface area (Å²) in [4.78, 5) is 24.6. The van der Waals surface area contributed by atoms with Crippen molar-refractivity contribution < 1.29 is 9.72 Å². The van der Waals surface area contributed by atoms with Crippen LogP contribution in [-0.2, 0) is 4.79 Å². The first-order chi connectivity index (χ1) is 10.0. The average Bonchev–Trinajstić information content (AvgIpc) is 2.53. The van der Waals surface area contributed by atoms with Gasteiger partial charge in [-0.2, -0.15) is 0 Å². The Hall–Kier alpha value is -2.17. The first-order valence-electron chi connectivity index (χ1n) is 7.16. The van der Waals surface area contributed by atoms with E-state index in [2.05, 4.69) is 12.2 Å². The fraction of sp³-hybridized carbons (Fsp3) is 0.438. The van der Waals surface area contributed by atoms with E-state index in [9.17, 15) is 14.9 Å². The van der Waals surface area contributed by atoms with Gasteiger partial charge in [0.05, 0.1) is 11.0 Å². The van der Waals surface area contributed by atoms with Crippen molar-refractivity contribution >= 4 is 11.6 Å². The molecule has 2 unspecified atom stereocenters. The zero-order valence-electron chi connectivity index (χ0n) is 12.4. The van der Waals surface area contributed by atoms with E-state index in [1.807, 2.05) is 13.0 Å². The van der Waals surface area contributed by atoms with Crippen molar-refractivity contribution in [3.05, 3.63) is 52.1 Å². The highest BCUT2D eigenvalue weighted by atomic mass is 16.6. The zero-order valence-corrected chi connectivity index (χ0v) is 12.4. The molecule has 1 aromatic rings. The standard InChI is InChI=1S/C16H20N2O3/c1-12(14-9-6-10-15(11-14)18(20)21)17(2)16(19)13-7-4-3-5-8-13/h3-4,6,9-13H,5,7-8H2,1-2H3. The minimum absolute atomic E-state index is 0.0288. The molecule has 1 amide bonds. The first kappa shape index (κ1) is 15.2. The minimum atomic E-state index is -0.413.